The SMILES string of the molecule is OC(Cc1ccc(F)cc1Cl)c1cccc(Br)c1. The highest BCUT2D eigenvalue weighted by Crippen LogP contribution is 2.25. The number of rotatable bonds is 3. The number of aliphatic hydroxyl groups is 1. The smallest absolute Gasteiger partial charge is 0.124 e. The molecule has 1 atom stereocenters. The van der Waals surface area contributed by atoms with Gasteiger partial charge in [-0.1, -0.05) is 45.7 Å². The highest BCUT2D eigenvalue weighted by Gasteiger charge is 2.11. The van der Waals surface area contributed by atoms with Crippen molar-refractivity contribution in [1.29, 1.82) is 0 Å². The lowest BCUT2D eigenvalue weighted by molar-refractivity contribution is 0.178. The van der Waals surface area contributed by atoms with Gasteiger partial charge >= 0.3 is 0 Å². The minimum Gasteiger partial charge on any atom is -0.388 e. The fourth-order valence-corrected chi connectivity index (χ4v) is 2.39. The summed E-state index contributed by atoms with van der Waals surface area (Å²) < 4.78 is 13.8. The normalized spacial score (nSPS) is 12.4. The van der Waals surface area contributed by atoms with E-state index in [2.05, 4.69) is 15.9 Å². The van der Waals surface area contributed by atoms with Crippen LogP contribution in [-0.2, 0) is 6.42 Å². The van der Waals surface area contributed by atoms with Gasteiger partial charge in [0, 0.05) is 15.9 Å². The summed E-state index contributed by atoms with van der Waals surface area (Å²) in [5.74, 6) is -0.374. The van der Waals surface area contributed by atoms with Gasteiger partial charge in [-0.25, -0.2) is 4.39 Å². The summed E-state index contributed by atoms with van der Waals surface area (Å²) in [4.78, 5) is 0. The predicted octanol–water partition coefficient (Wildman–Crippen LogP) is 4.52. The van der Waals surface area contributed by atoms with Crippen LogP contribution < -0.4 is 0 Å². The standard InChI is InChI=1S/C14H11BrClFO/c15-11-3-1-2-10(6-11)14(18)7-9-4-5-12(17)8-13(9)16/h1-6,8,14,18H,7H2. The molecule has 2 rings (SSSR count). The molecule has 18 heavy (non-hydrogen) atoms. The molecule has 2 aromatic carbocycles. The van der Waals surface area contributed by atoms with Crippen molar-refractivity contribution in [1.82, 2.24) is 0 Å². The van der Waals surface area contributed by atoms with Crippen LogP contribution in [0.1, 0.15) is 17.2 Å². The Morgan fingerprint density at radius 3 is 2.67 bits per heavy atom. The van der Waals surface area contributed by atoms with Gasteiger partial charge in [0.05, 0.1) is 6.10 Å². The van der Waals surface area contributed by atoms with Crippen LogP contribution in [0.25, 0.3) is 0 Å². The molecule has 0 aromatic heterocycles. The molecule has 1 N–H and O–H groups in total. The quantitative estimate of drug-likeness (QED) is 0.878. The first-order valence-corrected chi connectivity index (χ1v) is 6.61. The predicted molar refractivity (Wildman–Crippen MR) is 74.2 cm³/mol. The van der Waals surface area contributed by atoms with Gasteiger partial charge in [-0.3, -0.25) is 0 Å². The summed E-state index contributed by atoms with van der Waals surface area (Å²) in [5, 5.41) is 10.5. The van der Waals surface area contributed by atoms with E-state index in [0.717, 1.165) is 15.6 Å². The Balaban J connectivity index is 2.18. The van der Waals surface area contributed by atoms with Crippen molar-refractivity contribution in [2.45, 2.75) is 12.5 Å². The Morgan fingerprint density at radius 2 is 2.00 bits per heavy atom. The average molecular weight is 330 g/mol. The van der Waals surface area contributed by atoms with Crippen molar-refractivity contribution in [2.75, 3.05) is 0 Å². The van der Waals surface area contributed by atoms with Gasteiger partial charge in [-0.2, -0.15) is 0 Å². The van der Waals surface area contributed by atoms with Crippen molar-refractivity contribution in [3.63, 3.8) is 0 Å². The Bertz CT molecular complexity index is 559. The Kier molecular flexibility index (Phi) is 4.38. The van der Waals surface area contributed by atoms with Crippen molar-refractivity contribution in [2.24, 2.45) is 0 Å². The highest BCUT2D eigenvalue weighted by atomic mass is 79.9. The number of hydrogen-bond acceptors (Lipinski definition) is 1. The third-order valence-corrected chi connectivity index (χ3v) is 3.51. The van der Waals surface area contributed by atoms with Crippen LogP contribution in [0.3, 0.4) is 0 Å². The Labute approximate surface area is 118 Å². The van der Waals surface area contributed by atoms with E-state index in [0.29, 0.717) is 11.4 Å². The number of hydrogen-bond donors (Lipinski definition) is 1. The molecule has 0 saturated heterocycles. The summed E-state index contributed by atoms with van der Waals surface area (Å²) in [6, 6.07) is 11.6. The van der Waals surface area contributed by atoms with Gasteiger partial charge in [-0.05, 0) is 35.4 Å². The zero-order valence-corrected chi connectivity index (χ0v) is 11.7. The minimum atomic E-state index is -0.662. The lowest BCUT2D eigenvalue weighted by Crippen LogP contribution is -2.02. The molecule has 1 nitrogen and oxygen atoms in total. The lowest BCUT2D eigenvalue weighted by atomic mass is 10.0. The third-order valence-electron chi connectivity index (χ3n) is 2.66. The minimum absolute atomic E-state index is 0.337. The van der Waals surface area contributed by atoms with Crippen LogP contribution in [0.2, 0.25) is 5.02 Å². The van der Waals surface area contributed by atoms with E-state index in [4.69, 9.17) is 11.6 Å². The van der Waals surface area contributed by atoms with E-state index in [9.17, 15) is 9.50 Å². The number of halogens is 3. The molecular weight excluding hydrogens is 319 g/mol. The fraction of sp³-hybridized carbons (Fsp3) is 0.143. The molecule has 0 aliphatic rings. The zero-order chi connectivity index (χ0) is 13.1. The van der Waals surface area contributed by atoms with Crippen molar-refractivity contribution in [3.05, 3.63) is 68.9 Å². The second-order valence-electron chi connectivity index (χ2n) is 4.01. The largest absolute Gasteiger partial charge is 0.388 e. The van der Waals surface area contributed by atoms with Gasteiger partial charge in [0.1, 0.15) is 5.82 Å². The maximum absolute atomic E-state index is 12.9. The molecule has 0 fully saturated rings. The molecule has 2 aromatic rings. The number of aliphatic hydroxyl groups excluding tert-OH is 1. The van der Waals surface area contributed by atoms with E-state index in [1.165, 1.54) is 12.1 Å². The van der Waals surface area contributed by atoms with E-state index < -0.39 is 6.10 Å². The van der Waals surface area contributed by atoms with Gasteiger partial charge < -0.3 is 5.11 Å². The fourth-order valence-electron chi connectivity index (χ4n) is 1.73. The molecule has 0 spiro atoms. The Hall–Kier alpha value is -0.900. The lowest BCUT2D eigenvalue weighted by Gasteiger charge is -2.12. The van der Waals surface area contributed by atoms with Crippen LogP contribution in [-0.4, -0.2) is 5.11 Å². The van der Waals surface area contributed by atoms with Crippen molar-refractivity contribution < 1.29 is 9.50 Å². The Morgan fingerprint density at radius 1 is 1.22 bits per heavy atom. The first-order chi connectivity index (χ1) is 8.56. The zero-order valence-electron chi connectivity index (χ0n) is 9.41. The van der Waals surface area contributed by atoms with Crippen LogP contribution in [0, 0.1) is 5.82 Å². The third kappa shape index (κ3) is 3.31. The van der Waals surface area contributed by atoms with Crippen LogP contribution in [0.15, 0.2) is 46.9 Å². The van der Waals surface area contributed by atoms with Crippen LogP contribution in [0.4, 0.5) is 4.39 Å². The molecule has 1 unspecified atom stereocenters. The van der Waals surface area contributed by atoms with Crippen molar-refractivity contribution >= 4 is 27.5 Å². The van der Waals surface area contributed by atoms with Gasteiger partial charge in [0.15, 0.2) is 0 Å². The van der Waals surface area contributed by atoms with Crippen LogP contribution >= 0.6 is 27.5 Å². The van der Waals surface area contributed by atoms with E-state index >= 15 is 0 Å². The molecule has 0 aliphatic heterocycles. The second-order valence-corrected chi connectivity index (χ2v) is 5.33. The topological polar surface area (TPSA) is 20.2 Å². The molecule has 0 aliphatic carbocycles. The highest BCUT2D eigenvalue weighted by molar-refractivity contribution is 9.10. The first kappa shape index (κ1) is 13.5. The molecule has 0 amide bonds. The van der Waals surface area contributed by atoms with Crippen LogP contribution in [0.5, 0.6) is 0 Å². The number of benzene rings is 2. The summed E-state index contributed by atoms with van der Waals surface area (Å²) in [6.07, 6.45) is -0.305. The van der Waals surface area contributed by atoms with E-state index in [1.54, 1.807) is 6.07 Å². The molecular formula is C14H11BrClFO. The molecule has 0 saturated carbocycles. The monoisotopic (exact) mass is 328 g/mol. The second kappa shape index (κ2) is 5.83. The average Bonchev–Trinajstić information content (AvgIpc) is 2.32. The van der Waals surface area contributed by atoms with E-state index in [1.807, 2.05) is 24.3 Å². The summed E-state index contributed by atoms with van der Waals surface area (Å²) >= 11 is 9.29. The molecule has 0 heterocycles. The van der Waals surface area contributed by atoms with Gasteiger partial charge in [-0.15, -0.1) is 0 Å². The molecule has 0 radical (unpaired) electrons. The summed E-state index contributed by atoms with van der Waals surface area (Å²) in [7, 11) is 0. The van der Waals surface area contributed by atoms with E-state index in [-0.39, 0.29) is 5.82 Å². The van der Waals surface area contributed by atoms with Gasteiger partial charge in [0.2, 0.25) is 0 Å². The summed E-state index contributed by atoms with van der Waals surface area (Å²) in [6.45, 7) is 0. The molecule has 94 valence electrons. The van der Waals surface area contributed by atoms with Crippen molar-refractivity contribution in [3.8, 4) is 0 Å². The molecule has 0 bridgehead atoms. The molecule has 4 heteroatoms. The summed E-state index contributed by atoms with van der Waals surface area (Å²) in [5.41, 5.74) is 1.52. The van der Waals surface area contributed by atoms with Gasteiger partial charge in [0.25, 0.3) is 0 Å². The maximum atomic E-state index is 12.9. The maximum Gasteiger partial charge on any atom is 0.124 e. The first-order valence-electron chi connectivity index (χ1n) is 5.44.